The molecule has 0 aliphatic carbocycles. The number of carbonyl (C=O) groups is 2. The number of carboxylic acids is 1. The molecule has 0 saturated heterocycles. The van der Waals surface area contributed by atoms with E-state index in [0.29, 0.717) is 12.0 Å². The van der Waals surface area contributed by atoms with E-state index in [2.05, 4.69) is 10.3 Å². The Hall–Kier alpha value is -4.44. The van der Waals surface area contributed by atoms with Crippen LogP contribution in [0.2, 0.25) is 0 Å². The number of hydrogen-bond donors (Lipinski definition) is 3. The van der Waals surface area contributed by atoms with Gasteiger partial charge in [-0.05, 0) is 65.6 Å². The Morgan fingerprint density at radius 2 is 1.71 bits per heavy atom. The second-order valence-corrected chi connectivity index (χ2v) is 8.67. The van der Waals surface area contributed by atoms with Crippen molar-refractivity contribution in [3.8, 4) is 16.9 Å². The van der Waals surface area contributed by atoms with Gasteiger partial charge in [-0.25, -0.2) is 9.78 Å². The molecule has 1 heterocycles. The summed E-state index contributed by atoms with van der Waals surface area (Å²) >= 11 is 0. The van der Waals surface area contributed by atoms with Crippen LogP contribution in [0.3, 0.4) is 0 Å². The number of aromatic carboxylic acids is 1. The number of carbonyl (C=O) groups excluding carboxylic acids is 1. The molecule has 0 radical (unpaired) electrons. The van der Waals surface area contributed by atoms with Gasteiger partial charge in [0.15, 0.2) is 0 Å². The van der Waals surface area contributed by atoms with Crippen LogP contribution in [0, 0.1) is 0 Å². The molecule has 3 aromatic carbocycles. The Morgan fingerprint density at radius 1 is 1.00 bits per heavy atom. The summed E-state index contributed by atoms with van der Waals surface area (Å²) in [6.45, 7) is 0.173. The van der Waals surface area contributed by atoms with E-state index in [1.165, 1.54) is 49.6 Å². The SMILES string of the molecule is COC[C@H](Cc1ccc(O)cc1)NC(=O)c1cc(C(=O)O)c2cc(-c3cccc(C(F)(F)F)c3)ccc2n1. The van der Waals surface area contributed by atoms with Gasteiger partial charge in [0, 0.05) is 12.5 Å². The van der Waals surface area contributed by atoms with Crippen LogP contribution in [0.25, 0.3) is 22.0 Å². The third-order valence-electron chi connectivity index (χ3n) is 5.92. The van der Waals surface area contributed by atoms with Crippen molar-refractivity contribution < 1.29 is 37.7 Å². The molecule has 0 spiro atoms. The molecule has 38 heavy (non-hydrogen) atoms. The number of pyridine rings is 1. The number of hydrogen-bond acceptors (Lipinski definition) is 5. The second-order valence-electron chi connectivity index (χ2n) is 8.67. The summed E-state index contributed by atoms with van der Waals surface area (Å²) in [7, 11) is 1.48. The van der Waals surface area contributed by atoms with Crippen molar-refractivity contribution in [1.82, 2.24) is 10.3 Å². The van der Waals surface area contributed by atoms with Crippen molar-refractivity contribution in [2.24, 2.45) is 0 Å². The summed E-state index contributed by atoms with van der Waals surface area (Å²) in [5, 5.41) is 22.3. The number of aromatic nitrogens is 1. The third-order valence-corrected chi connectivity index (χ3v) is 5.92. The number of alkyl halides is 3. The van der Waals surface area contributed by atoms with Gasteiger partial charge in [-0.1, -0.05) is 30.3 Å². The van der Waals surface area contributed by atoms with Gasteiger partial charge >= 0.3 is 12.1 Å². The first kappa shape index (κ1) is 26.6. The Kier molecular flexibility index (Phi) is 7.63. The zero-order valence-corrected chi connectivity index (χ0v) is 20.1. The Bertz CT molecular complexity index is 1490. The lowest BCUT2D eigenvalue weighted by atomic mass is 9.98. The van der Waals surface area contributed by atoms with Crippen LogP contribution < -0.4 is 5.32 Å². The monoisotopic (exact) mass is 524 g/mol. The van der Waals surface area contributed by atoms with Gasteiger partial charge in [0.25, 0.3) is 5.91 Å². The van der Waals surface area contributed by atoms with Gasteiger partial charge in [0.2, 0.25) is 0 Å². The minimum absolute atomic E-state index is 0.110. The first-order valence-electron chi connectivity index (χ1n) is 11.5. The van der Waals surface area contributed by atoms with Crippen molar-refractivity contribution in [3.63, 3.8) is 0 Å². The van der Waals surface area contributed by atoms with Crippen LogP contribution in [0.1, 0.15) is 32.0 Å². The normalized spacial score (nSPS) is 12.3. The van der Waals surface area contributed by atoms with Gasteiger partial charge in [-0.2, -0.15) is 13.2 Å². The zero-order chi connectivity index (χ0) is 27.4. The molecule has 0 fully saturated rings. The average molecular weight is 524 g/mol. The van der Waals surface area contributed by atoms with Gasteiger partial charge in [-0.3, -0.25) is 4.79 Å². The van der Waals surface area contributed by atoms with Gasteiger partial charge in [0.05, 0.1) is 29.3 Å². The molecule has 4 aromatic rings. The summed E-state index contributed by atoms with van der Waals surface area (Å²) < 4.78 is 44.7. The number of nitrogens with zero attached hydrogens (tertiary/aromatic N) is 1. The van der Waals surface area contributed by atoms with E-state index in [1.54, 1.807) is 12.1 Å². The molecule has 10 heteroatoms. The molecule has 0 aliphatic rings. The van der Waals surface area contributed by atoms with Crippen molar-refractivity contribution >= 4 is 22.8 Å². The molecule has 0 saturated carbocycles. The number of amides is 1. The van der Waals surface area contributed by atoms with Crippen molar-refractivity contribution in [2.45, 2.75) is 18.6 Å². The van der Waals surface area contributed by atoms with Crippen LogP contribution in [0.5, 0.6) is 5.75 Å². The maximum Gasteiger partial charge on any atom is 0.416 e. The third kappa shape index (κ3) is 6.09. The van der Waals surface area contributed by atoms with E-state index in [1.807, 2.05) is 0 Å². The summed E-state index contributed by atoms with van der Waals surface area (Å²) in [5.74, 6) is -1.82. The molecule has 4 rings (SSSR count). The van der Waals surface area contributed by atoms with Crippen LogP contribution in [0.4, 0.5) is 13.2 Å². The standard InChI is InChI=1S/C28H23F3N2O5/c1-38-15-20(11-16-5-8-21(34)9-6-16)32-26(35)25-14-23(27(36)37)22-13-18(7-10-24(22)33-25)17-3-2-4-19(12-17)28(29,30)31/h2-10,12-14,20,34H,11,15H2,1H3,(H,32,35)(H,36,37)/t20-/m0/s1. The number of halogens is 3. The molecule has 1 aromatic heterocycles. The highest BCUT2D eigenvalue weighted by molar-refractivity contribution is 6.06. The highest BCUT2D eigenvalue weighted by Gasteiger charge is 2.30. The summed E-state index contributed by atoms with van der Waals surface area (Å²) in [6.07, 6.45) is -4.13. The predicted molar refractivity (Wildman–Crippen MR) is 134 cm³/mol. The van der Waals surface area contributed by atoms with Crippen molar-refractivity contribution in [3.05, 3.63) is 95.2 Å². The van der Waals surface area contributed by atoms with Gasteiger partial charge in [0.1, 0.15) is 11.4 Å². The number of phenolic OH excluding ortho intramolecular Hbond substituents is 1. The Morgan fingerprint density at radius 3 is 2.37 bits per heavy atom. The number of methoxy groups -OCH3 is 1. The number of ether oxygens (including phenoxy) is 1. The molecule has 0 bridgehead atoms. The van der Waals surface area contributed by atoms with Crippen LogP contribution in [-0.2, 0) is 17.3 Å². The number of rotatable bonds is 8. The van der Waals surface area contributed by atoms with E-state index >= 15 is 0 Å². The number of aromatic hydroxyl groups is 1. The number of nitrogens with one attached hydrogen (secondary N) is 1. The topological polar surface area (TPSA) is 109 Å². The van der Waals surface area contributed by atoms with E-state index < -0.39 is 29.7 Å². The predicted octanol–water partition coefficient (Wildman–Crippen LogP) is 5.31. The lowest BCUT2D eigenvalue weighted by Gasteiger charge is -2.18. The lowest BCUT2D eigenvalue weighted by Crippen LogP contribution is -2.40. The number of benzene rings is 3. The molecule has 1 atom stereocenters. The summed E-state index contributed by atoms with van der Waals surface area (Å²) in [5.41, 5.74) is 0.509. The fraction of sp³-hybridized carbons (Fsp3) is 0.179. The maximum atomic E-state index is 13.2. The number of carboxylic acid groups (broad SMARTS) is 1. The molecule has 196 valence electrons. The second kappa shape index (κ2) is 10.9. The van der Waals surface area contributed by atoms with Crippen LogP contribution >= 0.6 is 0 Å². The van der Waals surface area contributed by atoms with Crippen molar-refractivity contribution in [1.29, 1.82) is 0 Å². The first-order valence-corrected chi connectivity index (χ1v) is 11.5. The van der Waals surface area contributed by atoms with E-state index in [9.17, 15) is 33.0 Å². The minimum Gasteiger partial charge on any atom is -0.508 e. The zero-order valence-electron chi connectivity index (χ0n) is 20.1. The molecular formula is C28H23F3N2O5. The maximum absolute atomic E-state index is 13.2. The largest absolute Gasteiger partial charge is 0.508 e. The molecule has 7 nitrogen and oxygen atoms in total. The molecule has 0 aliphatic heterocycles. The molecule has 1 amide bonds. The Labute approximate surface area is 215 Å². The molecule has 0 unspecified atom stereocenters. The van der Waals surface area contributed by atoms with E-state index in [0.717, 1.165) is 23.8 Å². The lowest BCUT2D eigenvalue weighted by molar-refractivity contribution is -0.137. The minimum atomic E-state index is -4.52. The fourth-order valence-electron chi connectivity index (χ4n) is 4.10. The number of fused-ring (bicyclic) bond motifs is 1. The number of phenols is 1. The van der Waals surface area contributed by atoms with Crippen LogP contribution in [0.15, 0.2) is 72.8 Å². The van der Waals surface area contributed by atoms with Crippen molar-refractivity contribution in [2.75, 3.05) is 13.7 Å². The summed E-state index contributed by atoms with van der Waals surface area (Å²) in [4.78, 5) is 29.4. The first-order chi connectivity index (χ1) is 18.0. The fourth-order valence-corrected chi connectivity index (χ4v) is 4.10. The smallest absolute Gasteiger partial charge is 0.416 e. The summed E-state index contributed by atoms with van der Waals surface area (Å²) in [6, 6.07) is 16.3. The molecule has 3 N–H and O–H groups in total. The highest BCUT2D eigenvalue weighted by Crippen LogP contribution is 2.33. The van der Waals surface area contributed by atoms with E-state index in [4.69, 9.17) is 4.74 Å². The quantitative estimate of drug-likeness (QED) is 0.288. The van der Waals surface area contributed by atoms with Gasteiger partial charge in [-0.15, -0.1) is 0 Å². The van der Waals surface area contributed by atoms with Crippen LogP contribution in [-0.4, -0.2) is 46.8 Å². The van der Waals surface area contributed by atoms with Gasteiger partial charge < -0.3 is 20.3 Å². The highest BCUT2D eigenvalue weighted by atomic mass is 19.4. The van der Waals surface area contributed by atoms with E-state index in [-0.39, 0.29) is 40.1 Å². The average Bonchev–Trinajstić information content (AvgIpc) is 2.88. The Balaban J connectivity index is 1.66. The molecular weight excluding hydrogens is 501 g/mol.